The number of alkyl halides is 6. The van der Waals surface area contributed by atoms with E-state index in [9.17, 15) is 31.4 Å². The zero-order valence-corrected chi connectivity index (χ0v) is 8.56. The summed E-state index contributed by atoms with van der Waals surface area (Å²) in [6.45, 7) is 0. The predicted octanol–water partition coefficient (Wildman–Crippen LogP) is -0.629. The maximum absolute atomic E-state index is 13.1. The first-order valence-electron chi connectivity index (χ1n) is 4.00. The van der Waals surface area contributed by atoms with E-state index in [4.69, 9.17) is 0 Å². The van der Waals surface area contributed by atoms with Crippen molar-refractivity contribution in [3.63, 3.8) is 0 Å². The van der Waals surface area contributed by atoms with E-state index in [2.05, 4.69) is 0 Å². The van der Waals surface area contributed by atoms with Gasteiger partial charge in [-0.25, -0.2) is 0 Å². The molecule has 1 unspecified atom stereocenters. The van der Waals surface area contributed by atoms with Crippen molar-refractivity contribution in [3.05, 3.63) is 35.9 Å². The topological polar surface area (TPSA) is 23.1 Å². The summed E-state index contributed by atoms with van der Waals surface area (Å²) in [5.74, 6) is -11.0. The van der Waals surface area contributed by atoms with Crippen molar-refractivity contribution in [1.29, 1.82) is 0 Å². The first kappa shape index (κ1) is 16.4. The van der Waals surface area contributed by atoms with Crippen molar-refractivity contribution in [3.8, 4) is 0 Å². The quantitative estimate of drug-likeness (QED) is 0.506. The second-order valence-electron chi connectivity index (χ2n) is 3.03. The summed E-state index contributed by atoms with van der Waals surface area (Å²) in [5.41, 5.74) is -1.27. The molecule has 0 saturated heterocycles. The minimum Gasteiger partial charge on any atom is -0.816 e. The number of hydrogen-bond acceptors (Lipinski definition) is 1. The van der Waals surface area contributed by atoms with Crippen molar-refractivity contribution in [1.82, 2.24) is 0 Å². The van der Waals surface area contributed by atoms with Crippen molar-refractivity contribution in [2.24, 2.45) is 0 Å². The van der Waals surface area contributed by atoms with Crippen LogP contribution in [0.5, 0.6) is 0 Å². The molecular formula is C9H5F6LiO. The van der Waals surface area contributed by atoms with Gasteiger partial charge in [-0.1, -0.05) is 30.3 Å². The molecular weight excluding hydrogens is 245 g/mol. The van der Waals surface area contributed by atoms with Crippen LogP contribution in [0.3, 0.4) is 0 Å². The van der Waals surface area contributed by atoms with Crippen molar-refractivity contribution in [2.75, 3.05) is 0 Å². The molecule has 0 radical (unpaired) electrons. The van der Waals surface area contributed by atoms with Gasteiger partial charge in [0.25, 0.3) is 0 Å². The van der Waals surface area contributed by atoms with E-state index >= 15 is 0 Å². The summed E-state index contributed by atoms with van der Waals surface area (Å²) in [7, 11) is 0. The molecule has 0 spiro atoms. The van der Waals surface area contributed by atoms with E-state index in [0.717, 1.165) is 12.1 Å². The van der Waals surface area contributed by atoms with Crippen LogP contribution in [0.15, 0.2) is 30.3 Å². The molecule has 1 nitrogen and oxygen atoms in total. The molecule has 17 heavy (non-hydrogen) atoms. The maximum atomic E-state index is 13.1. The van der Waals surface area contributed by atoms with Crippen LogP contribution in [-0.4, -0.2) is 12.1 Å². The van der Waals surface area contributed by atoms with E-state index in [0.29, 0.717) is 12.1 Å². The number of rotatable bonds is 2. The fourth-order valence-corrected chi connectivity index (χ4v) is 1.02. The number of hydrogen-bond donors (Lipinski definition) is 0. The summed E-state index contributed by atoms with van der Waals surface area (Å²) >= 11 is 0. The Hall–Kier alpha value is -0.643. The van der Waals surface area contributed by atoms with Gasteiger partial charge in [-0.15, -0.1) is 0 Å². The molecule has 0 aliphatic rings. The van der Waals surface area contributed by atoms with Crippen molar-refractivity contribution >= 4 is 0 Å². The Morgan fingerprint density at radius 2 is 1.24 bits per heavy atom. The van der Waals surface area contributed by atoms with Gasteiger partial charge in [0.2, 0.25) is 0 Å². The molecule has 0 saturated carbocycles. The minimum absolute atomic E-state index is 0. The zero-order chi connectivity index (χ0) is 12.6. The fourth-order valence-electron chi connectivity index (χ4n) is 1.02. The monoisotopic (exact) mass is 250 g/mol. The van der Waals surface area contributed by atoms with Gasteiger partial charge in [0.05, 0.1) is 0 Å². The fraction of sp³-hybridized carbons (Fsp3) is 0.333. The van der Waals surface area contributed by atoms with Crippen LogP contribution in [0.1, 0.15) is 5.56 Å². The van der Waals surface area contributed by atoms with E-state index in [1.54, 1.807) is 0 Å². The molecule has 0 aliphatic heterocycles. The Bertz CT molecular complexity index is 361. The predicted molar refractivity (Wildman–Crippen MR) is 40.2 cm³/mol. The second kappa shape index (κ2) is 4.92. The molecule has 1 atom stereocenters. The van der Waals surface area contributed by atoms with E-state index in [-0.39, 0.29) is 18.9 Å². The molecule has 8 heteroatoms. The van der Waals surface area contributed by atoms with Crippen LogP contribution in [-0.2, 0) is 5.85 Å². The normalized spacial score (nSPS) is 15.9. The standard InChI is InChI=1S/C9H5F6O.Li/c10-7(16,6-4-2-1-3-5-6)8(11,12)9(13,14)15;/h1-5H;/q-1;+1. The van der Waals surface area contributed by atoms with E-state index in [1.807, 2.05) is 0 Å². The Kier molecular flexibility index (Phi) is 4.74. The van der Waals surface area contributed by atoms with Gasteiger partial charge in [-0.2, -0.15) is 22.0 Å². The Labute approximate surface area is 105 Å². The molecule has 0 fully saturated rings. The van der Waals surface area contributed by atoms with Gasteiger partial charge < -0.3 is 5.11 Å². The molecule has 0 bridgehead atoms. The molecule has 1 aromatic carbocycles. The smallest absolute Gasteiger partial charge is 0.816 e. The molecule has 0 amide bonds. The van der Waals surface area contributed by atoms with Crippen molar-refractivity contribution < 1.29 is 50.3 Å². The summed E-state index contributed by atoms with van der Waals surface area (Å²) < 4.78 is 73.7. The van der Waals surface area contributed by atoms with Gasteiger partial charge in [-0.05, 0) is 5.56 Å². The van der Waals surface area contributed by atoms with Crippen LogP contribution >= 0.6 is 0 Å². The van der Waals surface area contributed by atoms with Crippen LogP contribution < -0.4 is 24.0 Å². The number of benzene rings is 1. The Morgan fingerprint density at radius 1 is 0.824 bits per heavy atom. The third kappa shape index (κ3) is 2.79. The maximum Gasteiger partial charge on any atom is 1.00 e. The third-order valence-corrected chi connectivity index (χ3v) is 1.90. The van der Waals surface area contributed by atoms with Crippen molar-refractivity contribution in [2.45, 2.75) is 18.0 Å². The summed E-state index contributed by atoms with van der Waals surface area (Å²) in [6.07, 6.45) is -6.24. The van der Waals surface area contributed by atoms with Gasteiger partial charge in [0.15, 0.2) is 0 Å². The van der Waals surface area contributed by atoms with Crippen LogP contribution in [0.2, 0.25) is 0 Å². The third-order valence-electron chi connectivity index (χ3n) is 1.90. The second-order valence-corrected chi connectivity index (χ2v) is 3.03. The first-order chi connectivity index (χ1) is 7.11. The molecule has 0 N–H and O–H groups in total. The van der Waals surface area contributed by atoms with Gasteiger partial charge in [-0.3, -0.25) is 4.39 Å². The largest absolute Gasteiger partial charge is 1.00 e. The summed E-state index contributed by atoms with van der Waals surface area (Å²) in [4.78, 5) is 0. The molecule has 1 rings (SSSR count). The zero-order valence-electron chi connectivity index (χ0n) is 8.56. The van der Waals surface area contributed by atoms with Crippen LogP contribution in [0.25, 0.3) is 0 Å². The van der Waals surface area contributed by atoms with E-state index in [1.165, 1.54) is 6.07 Å². The van der Waals surface area contributed by atoms with Gasteiger partial charge >= 0.3 is 31.0 Å². The summed E-state index contributed by atoms with van der Waals surface area (Å²) in [5, 5.41) is 10.8. The van der Waals surface area contributed by atoms with Gasteiger partial charge in [0, 0.05) is 0 Å². The first-order valence-corrected chi connectivity index (χ1v) is 4.00. The average molecular weight is 250 g/mol. The molecule has 1 aromatic rings. The molecule has 0 aliphatic carbocycles. The number of halogens is 6. The van der Waals surface area contributed by atoms with Gasteiger partial charge in [0.1, 0.15) is 5.85 Å². The van der Waals surface area contributed by atoms with E-state index < -0.39 is 23.5 Å². The summed E-state index contributed by atoms with van der Waals surface area (Å²) in [6, 6.07) is 4.40. The molecule has 0 aromatic heterocycles. The minimum atomic E-state index is -6.24. The SMILES string of the molecule is [Li+].[O-]C(F)(c1ccccc1)C(F)(F)C(F)(F)F. The molecule has 90 valence electrons. The molecule has 0 heterocycles. The Balaban J connectivity index is 0.00000256. The Morgan fingerprint density at radius 3 is 1.59 bits per heavy atom. The van der Waals surface area contributed by atoms with Crippen LogP contribution in [0, 0.1) is 0 Å². The van der Waals surface area contributed by atoms with Crippen LogP contribution in [0.4, 0.5) is 26.3 Å². The average Bonchev–Trinajstić information content (AvgIpc) is 2.17.